The van der Waals surface area contributed by atoms with Gasteiger partial charge in [0.15, 0.2) is 11.4 Å². The summed E-state index contributed by atoms with van der Waals surface area (Å²) in [5, 5.41) is 22.9. The normalized spacial score (nSPS) is 18.5. The summed E-state index contributed by atoms with van der Waals surface area (Å²) in [6.45, 7) is 3.38. The Bertz CT molecular complexity index is 1240. The molecule has 0 radical (unpaired) electrons. The van der Waals surface area contributed by atoms with Gasteiger partial charge in [0, 0.05) is 42.5 Å². The summed E-state index contributed by atoms with van der Waals surface area (Å²) >= 11 is 0. The molecule has 4 rings (SSSR count). The lowest BCUT2D eigenvalue weighted by molar-refractivity contribution is 0.251. The summed E-state index contributed by atoms with van der Waals surface area (Å²) in [7, 11) is 0. The molecule has 1 fully saturated rings. The van der Waals surface area contributed by atoms with Crippen LogP contribution in [0.15, 0.2) is 46.5 Å². The van der Waals surface area contributed by atoms with Crippen molar-refractivity contribution in [1.82, 2.24) is 14.3 Å². The number of pyridine rings is 1. The minimum atomic E-state index is -0.623. The van der Waals surface area contributed by atoms with Gasteiger partial charge in [0.05, 0.1) is 5.71 Å². The Morgan fingerprint density at radius 1 is 1.28 bits per heavy atom. The fourth-order valence-electron chi connectivity index (χ4n) is 4.27. The minimum absolute atomic E-state index is 0.0530. The average molecular weight is 442 g/mol. The van der Waals surface area contributed by atoms with E-state index in [1.165, 1.54) is 22.6 Å². The van der Waals surface area contributed by atoms with Crippen molar-refractivity contribution in [2.75, 3.05) is 19.6 Å². The first kappa shape index (κ1) is 21.9. The molecule has 168 valence electrons. The lowest BCUT2D eigenvalue weighted by atomic mass is 9.88. The molecule has 1 saturated heterocycles. The first-order chi connectivity index (χ1) is 15.4. The molecule has 7 nitrogen and oxygen atoms in total. The number of piperidine rings is 1. The van der Waals surface area contributed by atoms with Gasteiger partial charge in [-0.15, -0.1) is 0 Å². The Morgan fingerprint density at radius 2 is 2.09 bits per heavy atom. The average Bonchev–Trinajstić information content (AvgIpc) is 2.77. The van der Waals surface area contributed by atoms with Crippen molar-refractivity contribution in [3.8, 4) is 5.75 Å². The molecule has 9 heteroatoms. The van der Waals surface area contributed by atoms with E-state index in [0.717, 1.165) is 6.07 Å². The van der Waals surface area contributed by atoms with Crippen LogP contribution in [0.4, 0.5) is 8.78 Å². The van der Waals surface area contributed by atoms with Gasteiger partial charge >= 0.3 is 0 Å². The van der Waals surface area contributed by atoms with E-state index in [1.807, 2.05) is 0 Å². The number of fused-ring (bicyclic) bond motifs is 1. The molecule has 2 N–H and O–H groups in total. The molecule has 0 saturated carbocycles. The van der Waals surface area contributed by atoms with Gasteiger partial charge in [-0.3, -0.25) is 14.1 Å². The third kappa shape index (κ3) is 4.34. The van der Waals surface area contributed by atoms with Crippen molar-refractivity contribution in [3.05, 3.63) is 75.3 Å². The predicted molar refractivity (Wildman–Crippen MR) is 115 cm³/mol. The zero-order chi connectivity index (χ0) is 22.8. The molecule has 1 aliphatic rings. The minimum Gasteiger partial charge on any atom is -0.504 e. The maximum atomic E-state index is 14.0. The van der Waals surface area contributed by atoms with Crippen molar-refractivity contribution in [3.63, 3.8) is 0 Å². The number of rotatable bonds is 5. The van der Waals surface area contributed by atoms with Crippen LogP contribution in [0, 0.1) is 24.5 Å². The summed E-state index contributed by atoms with van der Waals surface area (Å²) in [5.74, 6) is -1.42. The quantitative estimate of drug-likeness (QED) is 0.468. The van der Waals surface area contributed by atoms with Crippen LogP contribution < -0.4 is 5.56 Å². The Hall–Kier alpha value is -3.33. The highest BCUT2D eigenvalue weighted by molar-refractivity contribution is 5.89. The molecule has 0 amide bonds. The number of aromatic hydroxyl groups is 1. The molecule has 2 aromatic heterocycles. The second-order valence-corrected chi connectivity index (χ2v) is 8.11. The number of likely N-dealkylation sites (tertiary alicyclic amines) is 1. The van der Waals surface area contributed by atoms with Crippen LogP contribution in [-0.4, -0.2) is 49.9 Å². The number of oxime groups is 1. The molecule has 3 aromatic rings. The summed E-state index contributed by atoms with van der Waals surface area (Å²) in [6, 6.07) is 6.58. The monoisotopic (exact) mass is 442 g/mol. The van der Waals surface area contributed by atoms with Crippen molar-refractivity contribution in [2.45, 2.75) is 26.2 Å². The smallest absolute Gasteiger partial charge is 0.261 e. The Kier molecular flexibility index (Phi) is 6.18. The van der Waals surface area contributed by atoms with Crippen LogP contribution in [0.2, 0.25) is 0 Å². The van der Waals surface area contributed by atoms with Crippen LogP contribution in [0.3, 0.4) is 0 Å². The van der Waals surface area contributed by atoms with Crippen LogP contribution in [0.5, 0.6) is 5.75 Å². The molecule has 1 atom stereocenters. The molecule has 0 bridgehead atoms. The van der Waals surface area contributed by atoms with E-state index in [1.54, 1.807) is 19.2 Å². The van der Waals surface area contributed by atoms with Crippen LogP contribution >= 0.6 is 0 Å². The predicted octanol–water partition coefficient (Wildman–Crippen LogP) is 2.92. The first-order valence-electron chi connectivity index (χ1n) is 10.4. The topological polar surface area (TPSA) is 90.4 Å². The number of halogens is 2. The molecular weight excluding hydrogens is 418 g/mol. The van der Waals surface area contributed by atoms with E-state index in [0.29, 0.717) is 61.4 Å². The second kappa shape index (κ2) is 9.04. The van der Waals surface area contributed by atoms with E-state index in [2.05, 4.69) is 15.0 Å². The Balaban J connectivity index is 1.44. The van der Waals surface area contributed by atoms with E-state index in [4.69, 9.17) is 0 Å². The lowest BCUT2D eigenvalue weighted by Crippen LogP contribution is -2.43. The molecule has 1 aromatic carbocycles. The van der Waals surface area contributed by atoms with Gasteiger partial charge in [0.1, 0.15) is 11.6 Å². The fraction of sp³-hybridized carbons (Fsp3) is 0.348. The van der Waals surface area contributed by atoms with Gasteiger partial charge < -0.3 is 10.3 Å². The van der Waals surface area contributed by atoms with E-state index >= 15 is 0 Å². The number of benzene rings is 1. The third-order valence-electron chi connectivity index (χ3n) is 6.07. The molecule has 1 aliphatic heterocycles. The number of aryl methyl sites for hydroxylation is 1. The van der Waals surface area contributed by atoms with Gasteiger partial charge in [0.25, 0.3) is 5.56 Å². The highest BCUT2D eigenvalue weighted by atomic mass is 19.1. The Morgan fingerprint density at radius 3 is 2.84 bits per heavy atom. The number of nitrogens with zero attached hydrogens (tertiary/aromatic N) is 4. The van der Waals surface area contributed by atoms with Gasteiger partial charge in [-0.2, -0.15) is 0 Å². The first-order valence-corrected chi connectivity index (χ1v) is 10.4. The van der Waals surface area contributed by atoms with E-state index in [-0.39, 0.29) is 22.9 Å². The van der Waals surface area contributed by atoms with Crippen molar-refractivity contribution >= 4 is 11.4 Å². The molecule has 3 heterocycles. The SMILES string of the molecule is Cc1nc2c(O)cccn2c(=O)c1CCN1CCC(Cc2ccc(F)cc2F)/C(=N\O)C1. The van der Waals surface area contributed by atoms with Gasteiger partial charge in [-0.05, 0) is 56.5 Å². The zero-order valence-corrected chi connectivity index (χ0v) is 17.6. The molecule has 1 unspecified atom stereocenters. The van der Waals surface area contributed by atoms with Gasteiger partial charge in [-0.25, -0.2) is 13.8 Å². The van der Waals surface area contributed by atoms with Crippen molar-refractivity contribution in [2.24, 2.45) is 11.1 Å². The van der Waals surface area contributed by atoms with E-state index in [9.17, 15) is 23.9 Å². The standard InChI is InChI=1S/C23H24F2N4O3/c1-14-18(23(31)29-8-2-3-21(30)22(29)26-14)7-10-28-9-6-16(20(13-28)27-32)11-15-4-5-17(24)12-19(15)25/h2-5,8,12,16,30,32H,6-7,9-11,13H2,1H3/b27-20-. The molecule has 0 aliphatic carbocycles. The number of hydrogen-bond donors (Lipinski definition) is 2. The van der Waals surface area contributed by atoms with Gasteiger partial charge in [0.2, 0.25) is 0 Å². The number of aromatic nitrogens is 2. The lowest BCUT2D eigenvalue weighted by Gasteiger charge is -2.32. The maximum absolute atomic E-state index is 14.0. The highest BCUT2D eigenvalue weighted by Crippen LogP contribution is 2.23. The summed E-state index contributed by atoms with van der Waals surface area (Å²) in [6.07, 6.45) is 3.01. The van der Waals surface area contributed by atoms with E-state index < -0.39 is 11.6 Å². The highest BCUT2D eigenvalue weighted by Gasteiger charge is 2.27. The second-order valence-electron chi connectivity index (χ2n) is 8.11. The van der Waals surface area contributed by atoms with Crippen LogP contribution in [0.25, 0.3) is 5.65 Å². The fourth-order valence-corrected chi connectivity index (χ4v) is 4.27. The summed E-state index contributed by atoms with van der Waals surface area (Å²) < 4.78 is 28.5. The van der Waals surface area contributed by atoms with Crippen molar-refractivity contribution in [1.29, 1.82) is 0 Å². The molecule has 32 heavy (non-hydrogen) atoms. The zero-order valence-electron chi connectivity index (χ0n) is 17.6. The van der Waals surface area contributed by atoms with Crippen molar-refractivity contribution < 1.29 is 19.1 Å². The molecular formula is C23H24F2N4O3. The summed E-state index contributed by atoms with van der Waals surface area (Å²) in [4.78, 5) is 19.3. The largest absolute Gasteiger partial charge is 0.504 e. The van der Waals surface area contributed by atoms with Crippen LogP contribution in [-0.2, 0) is 12.8 Å². The maximum Gasteiger partial charge on any atom is 0.261 e. The summed E-state index contributed by atoms with van der Waals surface area (Å²) in [5.41, 5.74) is 2.05. The van der Waals surface area contributed by atoms with Crippen LogP contribution in [0.1, 0.15) is 23.2 Å². The number of hydrogen-bond acceptors (Lipinski definition) is 6. The molecule has 0 spiro atoms. The Labute approximate surface area is 183 Å². The third-order valence-corrected chi connectivity index (χ3v) is 6.07. The van der Waals surface area contributed by atoms with Gasteiger partial charge in [-0.1, -0.05) is 11.2 Å².